The number of nitrogens with one attached hydrogen (secondary N) is 1. The molecule has 1 atom stereocenters. The Morgan fingerprint density at radius 3 is 2.11 bits per heavy atom. The first-order valence-electron chi connectivity index (χ1n) is 8.99. The summed E-state index contributed by atoms with van der Waals surface area (Å²) in [6.07, 6.45) is 0.120. The zero-order chi connectivity index (χ0) is 19.7. The number of oxazole rings is 2. The molecule has 0 unspecified atom stereocenters. The van der Waals surface area contributed by atoms with E-state index in [2.05, 4.69) is 5.32 Å². The number of hydrogen-bond acceptors (Lipinski definition) is 5. The maximum Gasteiger partial charge on any atom is 0.420 e. The number of para-hydroxylation sites is 4. The number of carbonyl (C=O) groups excluding carboxylic acids is 1. The Balaban J connectivity index is 1.41. The summed E-state index contributed by atoms with van der Waals surface area (Å²) in [7, 11) is 0. The van der Waals surface area contributed by atoms with E-state index < -0.39 is 11.5 Å². The van der Waals surface area contributed by atoms with Gasteiger partial charge in [0.15, 0.2) is 11.2 Å². The number of aromatic nitrogens is 2. The third-order valence-corrected chi connectivity index (χ3v) is 4.57. The van der Waals surface area contributed by atoms with E-state index in [9.17, 15) is 14.4 Å². The van der Waals surface area contributed by atoms with Crippen LogP contribution in [0.15, 0.2) is 67.0 Å². The monoisotopic (exact) mass is 381 g/mol. The first-order valence-corrected chi connectivity index (χ1v) is 8.99. The largest absolute Gasteiger partial charge is 0.420 e. The second kappa shape index (κ2) is 7.22. The van der Waals surface area contributed by atoms with Crippen LogP contribution >= 0.6 is 0 Å². The molecule has 4 rings (SSSR count). The molecule has 2 aromatic carbocycles. The highest BCUT2D eigenvalue weighted by Gasteiger charge is 2.15. The van der Waals surface area contributed by atoms with Crippen molar-refractivity contribution in [2.45, 2.75) is 32.5 Å². The van der Waals surface area contributed by atoms with Crippen LogP contribution in [0.2, 0.25) is 0 Å². The SMILES string of the molecule is C[C@H](Cn1c(=O)oc2ccccc21)NC(=O)CCn1c(=O)oc2ccccc21. The van der Waals surface area contributed by atoms with Crippen LogP contribution in [-0.4, -0.2) is 21.1 Å². The number of fused-ring (bicyclic) bond motifs is 2. The molecule has 28 heavy (non-hydrogen) atoms. The van der Waals surface area contributed by atoms with E-state index in [-0.39, 0.29) is 31.5 Å². The molecule has 0 aliphatic rings. The van der Waals surface area contributed by atoms with Gasteiger partial charge in [-0.1, -0.05) is 24.3 Å². The van der Waals surface area contributed by atoms with Gasteiger partial charge < -0.3 is 14.2 Å². The van der Waals surface area contributed by atoms with Gasteiger partial charge in [-0.25, -0.2) is 9.59 Å². The van der Waals surface area contributed by atoms with E-state index in [1.54, 1.807) is 36.4 Å². The third-order valence-electron chi connectivity index (χ3n) is 4.57. The number of amides is 1. The lowest BCUT2D eigenvalue weighted by atomic mass is 10.2. The second-order valence-electron chi connectivity index (χ2n) is 6.65. The van der Waals surface area contributed by atoms with Crippen molar-refractivity contribution >= 4 is 28.1 Å². The van der Waals surface area contributed by atoms with Crippen molar-refractivity contribution in [2.24, 2.45) is 0 Å². The van der Waals surface area contributed by atoms with Gasteiger partial charge in [-0.3, -0.25) is 13.9 Å². The molecule has 2 aromatic heterocycles. The third kappa shape index (κ3) is 3.36. The van der Waals surface area contributed by atoms with Crippen LogP contribution in [0.5, 0.6) is 0 Å². The van der Waals surface area contributed by atoms with Gasteiger partial charge in [0.2, 0.25) is 5.91 Å². The van der Waals surface area contributed by atoms with Crippen LogP contribution < -0.4 is 16.8 Å². The van der Waals surface area contributed by atoms with Crippen LogP contribution in [0.4, 0.5) is 0 Å². The fourth-order valence-corrected chi connectivity index (χ4v) is 3.29. The van der Waals surface area contributed by atoms with Crippen LogP contribution in [0.25, 0.3) is 22.2 Å². The topological polar surface area (TPSA) is 99.4 Å². The summed E-state index contributed by atoms with van der Waals surface area (Å²) in [5.74, 6) is -1.16. The van der Waals surface area contributed by atoms with Crippen molar-refractivity contribution in [2.75, 3.05) is 0 Å². The number of hydrogen-bond donors (Lipinski definition) is 1. The fourth-order valence-electron chi connectivity index (χ4n) is 3.29. The molecule has 8 heteroatoms. The summed E-state index contributed by atoms with van der Waals surface area (Å²) in [5.41, 5.74) is 2.35. The molecule has 0 saturated carbocycles. The van der Waals surface area contributed by atoms with Crippen molar-refractivity contribution in [3.05, 3.63) is 69.6 Å². The molecular weight excluding hydrogens is 362 g/mol. The molecule has 4 aromatic rings. The molecule has 0 fully saturated rings. The predicted molar refractivity (Wildman–Crippen MR) is 103 cm³/mol. The molecule has 0 bridgehead atoms. The van der Waals surface area contributed by atoms with Crippen LogP contribution in [0.1, 0.15) is 13.3 Å². The van der Waals surface area contributed by atoms with Gasteiger partial charge in [0.1, 0.15) is 0 Å². The Labute approximate surface area is 159 Å². The second-order valence-corrected chi connectivity index (χ2v) is 6.65. The molecule has 0 radical (unpaired) electrons. The van der Waals surface area contributed by atoms with Gasteiger partial charge in [-0.15, -0.1) is 0 Å². The highest BCUT2D eigenvalue weighted by molar-refractivity contribution is 5.77. The van der Waals surface area contributed by atoms with E-state index in [1.807, 2.05) is 19.1 Å². The normalized spacial score (nSPS) is 12.5. The summed E-state index contributed by atoms with van der Waals surface area (Å²) in [4.78, 5) is 36.3. The molecule has 8 nitrogen and oxygen atoms in total. The molecule has 0 spiro atoms. The molecule has 1 N–H and O–H groups in total. The molecule has 0 aliphatic carbocycles. The lowest BCUT2D eigenvalue weighted by Crippen LogP contribution is -2.38. The molecule has 144 valence electrons. The summed E-state index contributed by atoms with van der Waals surface area (Å²) in [6.45, 7) is 2.31. The minimum Gasteiger partial charge on any atom is -0.408 e. The minimum absolute atomic E-state index is 0.120. The minimum atomic E-state index is -0.488. The van der Waals surface area contributed by atoms with E-state index >= 15 is 0 Å². The summed E-state index contributed by atoms with van der Waals surface area (Å²) < 4.78 is 13.3. The van der Waals surface area contributed by atoms with Crippen LogP contribution in [0.3, 0.4) is 0 Å². The van der Waals surface area contributed by atoms with E-state index in [4.69, 9.17) is 8.83 Å². The lowest BCUT2D eigenvalue weighted by molar-refractivity contribution is -0.122. The standard InChI is InChI=1S/C20H19N3O5/c1-13(12-23-15-7-3-5-9-17(15)28-20(23)26)21-18(24)10-11-22-14-6-2-4-8-16(14)27-19(22)25/h2-9,13H,10-12H2,1H3,(H,21,24)/t13-/m1/s1. The zero-order valence-electron chi connectivity index (χ0n) is 15.3. The quantitative estimate of drug-likeness (QED) is 0.551. The average molecular weight is 381 g/mol. The zero-order valence-corrected chi connectivity index (χ0v) is 15.3. The lowest BCUT2D eigenvalue weighted by Gasteiger charge is -2.14. The van der Waals surface area contributed by atoms with Crippen molar-refractivity contribution in [1.29, 1.82) is 0 Å². The smallest absolute Gasteiger partial charge is 0.408 e. The van der Waals surface area contributed by atoms with E-state index in [1.165, 1.54) is 9.13 Å². The summed E-state index contributed by atoms with van der Waals surface area (Å²) in [6, 6.07) is 13.9. The maximum absolute atomic E-state index is 12.3. The highest BCUT2D eigenvalue weighted by Crippen LogP contribution is 2.13. The number of rotatable bonds is 6. The van der Waals surface area contributed by atoms with Crippen molar-refractivity contribution in [3.8, 4) is 0 Å². The fraction of sp³-hybridized carbons (Fsp3) is 0.250. The molecule has 0 saturated heterocycles. The molecule has 2 heterocycles. The Kier molecular flexibility index (Phi) is 4.60. The van der Waals surface area contributed by atoms with Gasteiger partial charge in [0, 0.05) is 25.6 Å². The maximum atomic E-state index is 12.3. The van der Waals surface area contributed by atoms with Crippen molar-refractivity contribution in [3.63, 3.8) is 0 Å². The van der Waals surface area contributed by atoms with Gasteiger partial charge in [-0.2, -0.15) is 0 Å². The number of carbonyl (C=O) groups is 1. The van der Waals surface area contributed by atoms with Gasteiger partial charge >= 0.3 is 11.5 Å². The van der Waals surface area contributed by atoms with Crippen LogP contribution in [-0.2, 0) is 17.9 Å². The van der Waals surface area contributed by atoms with E-state index in [0.717, 1.165) is 0 Å². The van der Waals surface area contributed by atoms with Gasteiger partial charge in [0.25, 0.3) is 0 Å². The summed E-state index contributed by atoms with van der Waals surface area (Å²) in [5, 5.41) is 2.85. The van der Waals surface area contributed by atoms with Gasteiger partial charge in [0.05, 0.1) is 11.0 Å². The molecule has 0 aliphatic heterocycles. The Morgan fingerprint density at radius 1 is 0.929 bits per heavy atom. The number of aryl methyl sites for hydroxylation is 1. The molecular formula is C20H19N3O5. The number of nitrogens with zero attached hydrogens (tertiary/aromatic N) is 2. The predicted octanol–water partition coefficient (Wildman–Crippen LogP) is 2.10. The first-order chi connectivity index (χ1) is 13.5. The van der Waals surface area contributed by atoms with Gasteiger partial charge in [-0.05, 0) is 31.2 Å². The number of benzene rings is 2. The van der Waals surface area contributed by atoms with Crippen molar-refractivity contribution < 1.29 is 13.6 Å². The summed E-state index contributed by atoms with van der Waals surface area (Å²) >= 11 is 0. The molecule has 1 amide bonds. The Morgan fingerprint density at radius 2 is 1.46 bits per heavy atom. The van der Waals surface area contributed by atoms with Crippen LogP contribution in [0, 0.1) is 0 Å². The van der Waals surface area contributed by atoms with E-state index in [0.29, 0.717) is 22.2 Å². The highest BCUT2D eigenvalue weighted by atomic mass is 16.4. The first kappa shape index (κ1) is 17.8. The Bertz CT molecular complexity index is 1260. The van der Waals surface area contributed by atoms with Crippen molar-refractivity contribution in [1.82, 2.24) is 14.5 Å². The average Bonchev–Trinajstić information content (AvgIpc) is 3.16. The Hall–Kier alpha value is -3.55.